The summed E-state index contributed by atoms with van der Waals surface area (Å²) < 4.78 is 498. The number of hydrogen-bond acceptors (Lipinski definition) is 24. The number of likely N-dealkylation sites (tertiary alicyclic amines) is 6. The Morgan fingerprint density at radius 2 is 0.543 bits per heavy atom. The van der Waals surface area contributed by atoms with Gasteiger partial charge in [-0.3, -0.25) is 28.8 Å². The summed E-state index contributed by atoms with van der Waals surface area (Å²) in [7, 11) is 4.03. The number of piperidine rings is 6. The van der Waals surface area contributed by atoms with Gasteiger partial charge in [0, 0.05) is 197 Å². The van der Waals surface area contributed by atoms with Crippen LogP contribution in [0.25, 0.3) is 95.3 Å². The number of carbonyl (C=O) groups excluding carboxylic acids is 6. The fourth-order valence-electron chi connectivity index (χ4n) is 13.8. The summed E-state index contributed by atoms with van der Waals surface area (Å²) in [6, 6.07) is -4.34. The quantitative estimate of drug-likeness (QED) is 0.0435. The van der Waals surface area contributed by atoms with Crippen LogP contribution in [0, 0.1) is 74.9 Å². The third kappa shape index (κ3) is 23.1. The summed E-state index contributed by atoms with van der Waals surface area (Å²) in [4.78, 5) is 159. The van der Waals surface area contributed by atoms with Gasteiger partial charge in [0.2, 0.25) is 0 Å². The Hall–Kier alpha value is -15.7. The first-order valence-electron chi connectivity index (χ1n) is 70.8. The molecule has 6 saturated heterocycles. The Morgan fingerprint density at radius 1 is 0.333 bits per heavy atom. The zero-order valence-corrected chi connectivity index (χ0v) is 73.2. The number of aromatic nitrogens is 18. The molecule has 0 spiro atoms. The molecule has 18 rings (SSSR count). The molecule has 0 bridgehead atoms. The third-order valence-corrected chi connectivity index (χ3v) is 20.7. The van der Waals surface area contributed by atoms with Crippen molar-refractivity contribution in [2.75, 3.05) is 188 Å². The summed E-state index contributed by atoms with van der Waals surface area (Å²) in [5.74, 6) is -22.4. The van der Waals surface area contributed by atoms with Crippen LogP contribution in [0.4, 0.5) is 34.9 Å². The molecular weight excluding hydrogens is 1750 g/mol. The second-order valence-electron chi connectivity index (χ2n) is 29.4. The van der Waals surface area contributed by atoms with Gasteiger partial charge in [-0.05, 0) is 110 Å². The van der Waals surface area contributed by atoms with Crippen molar-refractivity contribution >= 4 is 137 Å². The molecule has 6 aliphatic heterocycles. The van der Waals surface area contributed by atoms with Crippen LogP contribution < -0.4 is 29.4 Å². The van der Waals surface area contributed by atoms with Crippen molar-refractivity contribution in [1.29, 1.82) is 0 Å². The second kappa shape index (κ2) is 46.5. The van der Waals surface area contributed by atoms with Gasteiger partial charge >= 0.3 is 35.4 Å². The Morgan fingerprint density at radius 3 is 0.804 bits per heavy atom. The van der Waals surface area contributed by atoms with Gasteiger partial charge in [0.05, 0.1) is 87.7 Å². The molecule has 12 aromatic heterocycles. The van der Waals surface area contributed by atoms with Crippen LogP contribution in [0.15, 0.2) is 111 Å². The molecule has 6 fully saturated rings. The minimum absolute atomic E-state index is 0.0153. The average molecular weight is 1940 g/mol. The maximum Gasteiger partial charge on any atom is 0.302 e. The third-order valence-electron chi connectivity index (χ3n) is 20.7. The van der Waals surface area contributed by atoms with Gasteiger partial charge in [0.25, 0.3) is 39.0 Å². The minimum Gasteiger partial charge on any atom is -0.354 e. The van der Waals surface area contributed by atoms with Gasteiger partial charge in [0.15, 0.2) is 0 Å². The van der Waals surface area contributed by atoms with Crippen molar-refractivity contribution in [3.05, 3.63) is 180 Å². The van der Waals surface area contributed by atoms with Gasteiger partial charge in [-0.1, -0.05) is 41.4 Å². The topological polar surface area (TPSA) is 417 Å². The summed E-state index contributed by atoms with van der Waals surface area (Å²) in [6.45, 7) is -25.6. The molecule has 0 aromatic carbocycles. The highest BCUT2D eigenvalue weighted by Crippen LogP contribution is 2.37. The van der Waals surface area contributed by atoms with Gasteiger partial charge in [-0.2, -0.15) is 0 Å². The molecule has 42 nitrogen and oxygen atoms in total. The highest BCUT2D eigenvalue weighted by atomic mass is 16.2. The number of aromatic amines is 6. The Labute approximate surface area is 887 Å². The number of carbonyl (C=O) groups is 6. The number of H-pyrrole nitrogens is 6. The van der Waals surface area contributed by atoms with E-state index in [1.54, 1.807) is 19.2 Å². The lowest BCUT2D eigenvalue weighted by Gasteiger charge is -2.41. The van der Waals surface area contributed by atoms with Gasteiger partial charge in [0.1, 0.15) is 131 Å². The highest BCUT2D eigenvalue weighted by molar-refractivity contribution is 5.93. The molecule has 0 aliphatic carbocycles. The molecule has 6 amide bonds. The number of rotatable bonds is 18. The molecule has 0 unspecified atom stereocenters. The maximum atomic E-state index is 12.9. The Bertz CT molecular complexity index is 9550. The molecule has 0 saturated carbocycles. The van der Waals surface area contributed by atoms with Crippen LogP contribution in [0.3, 0.4) is 0 Å². The van der Waals surface area contributed by atoms with Crippen LogP contribution in [0.1, 0.15) is 164 Å². The first kappa shape index (κ1) is 47.2. The van der Waals surface area contributed by atoms with Crippen LogP contribution in [-0.2, 0) is 28.8 Å². The van der Waals surface area contributed by atoms with Crippen LogP contribution in [0.2, 0.25) is 0 Å². The lowest BCUT2D eigenvalue weighted by atomic mass is 9.92. The average Bonchev–Trinajstić information content (AvgIpc) is 1.32. The van der Waals surface area contributed by atoms with Crippen molar-refractivity contribution in [3.63, 3.8) is 0 Å². The fraction of sp³-hybridized carbons (Fsp3) is 0.500. The van der Waals surface area contributed by atoms with Gasteiger partial charge in [-0.15, -0.1) is 0 Å². The van der Waals surface area contributed by atoms with Crippen molar-refractivity contribution in [2.24, 2.45) is 35.5 Å². The van der Waals surface area contributed by atoms with Crippen molar-refractivity contribution in [2.45, 2.75) is 116 Å². The van der Waals surface area contributed by atoms with E-state index in [0.717, 1.165) is 23.6 Å². The number of likely N-dealkylation sites (N-methyl/N-ethyl adjacent to an activating group) is 6. The van der Waals surface area contributed by atoms with Gasteiger partial charge < -0.3 is 118 Å². The number of amides is 6. The molecule has 6 N–H and O–H groups in total. The van der Waals surface area contributed by atoms with Crippen LogP contribution in [0.5, 0.6) is 0 Å². The molecule has 6 aliphatic rings. The zero-order valence-electron chi connectivity index (χ0n) is 134. The smallest absolute Gasteiger partial charge is 0.302 e. The van der Waals surface area contributed by atoms with Crippen molar-refractivity contribution in [3.8, 4) is 0 Å². The number of hydrogen-bond donors (Lipinski definition) is 6. The van der Waals surface area contributed by atoms with Crippen molar-refractivity contribution in [1.82, 2.24) is 119 Å². The number of nitrogens with one attached hydrogen (secondary N) is 6. The Balaban J connectivity index is 0.000000192. The van der Waals surface area contributed by atoms with E-state index in [1.807, 2.05) is 0 Å². The summed E-state index contributed by atoms with van der Waals surface area (Å²) in [6.07, 6.45) is 0.728. The minimum atomic E-state index is -3.72. The van der Waals surface area contributed by atoms with Crippen LogP contribution in [-0.4, -0.2) is 350 Å². The summed E-state index contributed by atoms with van der Waals surface area (Å²) in [5, 5.41) is 1.22. The van der Waals surface area contributed by atoms with Gasteiger partial charge in [-0.25, -0.2) is 99.2 Å². The normalized spacial score (nSPS) is 35.3. The Kier molecular flexibility index (Phi) is 15.9. The van der Waals surface area contributed by atoms with Crippen molar-refractivity contribution < 1.29 is 112 Å². The highest BCUT2D eigenvalue weighted by Gasteiger charge is 2.41. The van der Waals surface area contributed by atoms with E-state index >= 15 is 0 Å². The van der Waals surface area contributed by atoms with E-state index in [-0.39, 0.29) is 115 Å². The second-order valence-corrected chi connectivity index (χ2v) is 29.4. The number of nitrogens with zero attached hydrogens (tertiary/aromatic N) is 30. The first-order valence-corrected chi connectivity index (χ1v) is 40.3. The zero-order chi connectivity index (χ0) is 152. The predicted molar refractivity (Wildman–Crippen MR) is 527 cm³/mol. The number of fused-ring (bicyclic) bond motifs is 6. The largest absolute Gasteiger partial charge is 0.354 e. The monoisotopic (exact) mass is 1930 g/mol. The van der Waals surface area contributed by atoms with E-state index in [4.69, 9.17) is 123 Å². The number of anilines is 6. The lowest BCUT2D eigenvalue weighted by molar-refractivity contribution is -0.131. The molecule has 12 aromatic rings. The molecular formula is C96H120N36O6. The molecule has 18 heterocycles. The van der Waals surface area contributed by atoms with Crippen LogP contribution >= 0.6 is 0 Å². The van der Waals surface area contributed by atoms with E-state index < -0.39 is 334 Å². The fourth-order valence-corrected chi connectivity index (χ4v) is 13.8. The van der Waals surface area contributed by atoms with E-state index in [2.05, 4.69) is 119 Å². The molecule has 138 heavy (non-hydrogen) atoms. The molecule has 720 valence electrons. The first-order chi connectivity index (χ1) is 89.9. The maximum absolute atomic E-state index is 12.9. The SMILES string of the molecule is [2H]c1nc(N(C([2H])([2H])[2H])[C@@]2([2H])C([2H])([2H])N(C(=O)C([2H])([2H])[N+]#[C-])C([2H])([2H])C[C@@]2([2H])C)c2cc[nH]c2n1.[2H]c1nc(N(C)[C@@H]2[C@H](C([2H])([2H])[2H])CC([2H])([2H])N(C(=O)C([2H])([2H])[N+]#[C-])C2([2H])[2H])c2cc[nH]c2n1.[2H]c1nc(N(C)[C@@H]2[C@H](C)CC([2H])([2H])N(C(=O)C([2H])([2H])[N+]#[C-])C2([2H])[2H])c2cc[nH]c2n1.[2H]c1nc(N(C)[C@@]2([2H])C([2H])([2H])N(C(=O)C([2H])([2H])[N+]#[C-])C([2H])([2H])C[C@@]2([2H])C)c2cc[nH]c2n1.[2H]c1nc(N([C@@H]2[C@H](C([2H])([2H])[2H])CC([2H])([2H])N(C(=O)C([2H])([2H])[N+]#[C-])C2([2H])[2H])C([2H])([2H])[2H])c2cc[nH]c2n1.[2H]c1nc(N([C@@H]2[C@H](C)CC([2H])([2H])N(C(=O)C([2H])([2H])[N+]#[C-])C2([2H])[2H])C([2H])([2H])[2H])c2cc[nH]c2n1. The molecule has 12 atom stereocenters. The molecule has 0 radical (unpaired) electrons. The lowest BCUT2D eigenvalue weighted by Crippen LogP contribution is -2.53. The predicted octanol–water partition coefficient (Wildman–Crippen LogP) is 9.30. The molecule has 42 heteroatoms. The summed E-state index contributed by atoms with van der Waals surface area (Å²) in [5.41, 5.74) is 0.879. The van der Waals surface area contributed by atoms with E-state index in [1.165, 1.54) is 94.3 Å². The van der Waals surface area contributed by atoms with E-state index in [9.17, 15) is 28.8 Å². The summed E-state index contributed by atoms with van der Waals surface area (Å²) >= 11 is 0. The van der Waals surface area contributed by atoms with E-state index in [0.29, 0.717) is 31.6 Å². The standard InChI is InChI=1S/6C16H20N6O/c6*1-11-5-7-22(14(23)8-17-2)9-13(11)21(3)16-12-4-6-18-15(12)19-10-20-16/h6*4,6,10-11,13H,5,7-9H2,1,3H3,(H,18,19,20)/t6*11-,13+/m111111/s1/i3D3,7D2,8D2,9D2,10D,11D,13D;7D2,8D2,9D2,10D,11D,13D;1D3,3D3,7D2,8D2,9D2,10D;3D3,7D2,8D2,9D2,10D;1D3,7D2,8D2,9D2,10D;7D2,8D2,9D2,10D.